The summed E-state index contributed by atoms with van der Waals surface area (Å²) in [4.78, 5) is 24.3. The molecule has 144 valence electrons. The molecule has 1 fully saturated rings. The van der Waals surface area contributed by atoms with E-state index in [0.717, 1.165) is 35.7 Å². The maximum atomic E-state index is 12.2. The zero-order chi connectivity index (χ0) is 19.1. The third kappa shape index (κ3) is 5.37. The number of halogens is 1. The van der Waals surface area contributed by atoms with E-state index < -0.39 is 6.04 Å². The predicted molar refractivity (Wildman–Crippen MR) is 104 cm³/mol. The summed E-state index contributed by atoms with van der Waals surface area (Å²) in [5.74, 6) is 1.18. The average Bonchev–Trinajstić information content (AvgIpc) is 3.17. The molecule has 1 aliphatic carbocycles. The molecule has 7 heteroatoms. The molecule has 0 bridgehead atoms. The zero-order valence-electron chi connectivity index (χ0n) is 15.6. The van der Waals surface area contributed by atoms with Gasteiger partial charge in [-0.2, -0.15) is 0 Å². The molecule has 0 aromatic heterocycles. The van der Waals surface area contributed by atoms with Crippen LogP contribution in [0.25, 0.3) is 0 Å². The van der Waals surface area contributed by atoms with Crippen LogP contribution in [0.5, 0.6) is 11.5 Å². The highest BCUT2D eigenvalue weighted by Crippen LogP contribution is 2.33. The molecule has 1 aromatic rings. The van der Waals surface area contributed by atoms with Crippen molar-refractivity contribution in [3.63, 3.8) is 0 Å². The molecule has 0 saturated heterocycles. The zero-order valence-corrected chi connectivity index (χ0v) is 17.1. The van der Waals surface area contributed by atoms with Gasteiger partial charge in [-0.1, -0.05) is 28.8 Å². The number of ether oxygens (including phenoxy) is 2. The number of methoxy groups -OCH3 is 2. The average molecular weight is 427 g/mol. The summed E-state index contributed by atoms with van der Waals surface area (Å²) >= 11 is 3.51. The van der Waals surface area contributed by atoms with Gasteiger partial charge < -0.3 is 20.1 Å². The quantitative estimate of drug-likeness (QED) is 0.669. The minimum Gasteiger partial charge on any atom is -0.493 e. The predicted octanol–water partition coefficient (Wildman–Crippen LogP) is 2.82. The van der Waals surface area contributed by atoms with Crippen LogP contribution < -0.4 is 20.1 Å². The molecule has 2 rings (SSSR count). The van der Waals surface area contributed by atoms with E-state index in [9.17, 15) is 9.59 Å². The Bertz CT molecular complexity index is 645. The number of carbonyl (C=O) groups is 2. The van der Waals surface area contributed by atoms with Gasteiger partial charge in [-0.3, -0.25) is 9.59 Å². The summed E-state index contributed by atoms with van der Waals surface area (Å²) in [6.07, 6.45) is 4.68. The highest BCUT2D eigenvalue weighted by atomic mass is 79.9. The van der Waals surface area contributed by atoms with Crippen molar-refractivity contribution in [3.8, 4) is 11.5 Å². The standard InChI is InChI=1S/C19H27BrN2O4/c1-12(22-19(24)13-6-4-5-7-13)18(23)21-9-8-14-10-16(25-2)17(26-3)11-15(14)20/h10-13H,4-9H2,1-3H3,(H,21,23)(H,22,24). The van der Waals surface area contributed by atoms with E-state index in [0.29, 0.717) is 24.5 Å². The van der Waals surface area contributed by atoms with Gasteiger partial charge in [-0.15, -0.1) is 0 Å². The molecule has 0 radical (unpaired) electrons. The summed E-state index contributed by atoms with van der Waals surface area (Å²) in [5, 5.41) is 5.69. The van der Waals surface area contributed by atoms with Gasteiger partial charge in [-0.05, 0) is 43.9 Å². The van der Waals surface area contributed by atoms with E-state index in [1.54, 1.807) is 21.1 Å². The van der Waals surface area contributed by atoms with E-state index >= 15 is 0 Å². The van der Waals surface area contributed by atoms with Crippen LogP contribution in [-0.2, 0) is 16.0 Å². The van der Waals surface area contributed by atoms with Crippen LogP contribution in [0.1, 0.15) is 38.2 Å². The largest absolute Gasteiger partial charge is 0.493 e. The number of benzene rings is 1. The second kappa shape index (κ2) is 9.80. The Morgan fingerprint density at radius 2 is 1.81 bits per heavy atom. The van der Waals surface area contributed by atoms with Crippen molar-refractivity contribution in [2.45, 2.75) is 45.1 Å². The van der Waals surface area contributed by atoms with Gasteiger partial charge in [-0.25, -0.2) is 0 Å². The molecule has 1 aromatic carbocycles. The van der Waals surface area contributed by atoms with Gasteiger partial charge in [0.05, 0.1) is 14.2 Å². The fraction of sp³-hybridized carbons (Fsp3) is 0.579. The topological polar surface area (TPSA) is 76.7 Å². The summed E-state index contributed by atoms with van der Waals surface area (Å²) in [5.41, 5.74) is 1.01. The highest BCUT2D eigenvalue weighted by Gasteiger charge is 2.25. The van der Waals surface area contributed by atoms with Gasteiger partial charge in [0, 0.05) is 16.9 Å². The summed E-state index contributed by atoms with van der Waals surface area (Å²) in [6.45, 7) is 2.19. The van der Waals surface area contributed by atoms with Crippen molar-refractivity contribution in [2.75, 3.05) is 20.8 Å². The van der Waals surface area contributed by atoms with Crippen molar-refractivity contribution in [3.05, 3.63) is 22.2 Å². The lowest BCUT2D eigenvalue weighted by Gasteiger charge is -2.17. The molecule has 0 aliphatic heterocycles. The Kier molecular flexibility index (Phi) is 7.75. The van der Waals surface area contributed by atoms with Crippen LogP contribution in [0.2, 0.25) is 0 Å². The Labute approximate surface area is 163 Å². The highest BCUT2D eigenvalue weighted by molar-refractivity contribution is 9.10. The number of hydrogen-bond acceptors (Lipinski definition) is 4. The Morgan fingerprint density at radius 1 is 1.19 bits per heavy atom. The summed E-state index contributed by atoms with van der Waals surface area (Å²) < 4.78 is 11.5. The molecule has 1 atom stereocenters. The first-order valence-corrected chi connectivity index (χ1v) is 9.74. The van der Waals surface area contributed by atoms with Crippen molar-refractivity contribution < 1.29 is 19.1 Å². The lowest BCUT2D eigenvalue weighted by molar-refractivity contribution is -0.130. The van der Waals surface area contributed by atoms with Crippen LogP contribution in [0, 0.1) is 5.92 Å². The van der Waals surface area contributed by atoms with Crippen LogP contribution in [0.4, 0.5) is 0 Å². The fourth-order valence-electron chi connectivity index (χ4n) is 3.15. The summed E-state index contributed by atoms with van der Waals surface area (Å²) in [6, 6.07) is 3.21. The molecule has 1 aliphatic rings. The number of rotatable bonds is 8. The molecule has 2 amide bonds. The maximum absolute atomic E-state index is 12.2. The molecular weight excluding hydrogens is 400 g/mol. The van der Waals surface area contributed by atoms with Gasteiger partial charge >= 0.3 is 0 Å². The molecule has 1 unspecified atom stereocenters. The Morgan fingerprint density at radius 3 is 2.42 bits per heavy atom. The van der Waals surface area contributed by atoms with Crippen LogP contribution in [0.15, 0.2) is 16.6 Å². The van der Waals surface area contributed by atoms with Crippen LogP contribution in [0.3, 0.4) is 0 Å². The van der Waals surface area contributed by atoms with Crippen molar-refractivity contribution in [1.29, 1.82) is 0 Å². The van der Waals surface area contributed by atoms with Crippen molar-refractivity contribution >= 4 is 27.7 Å². The molecule has 1 saturated carbocycles. The van der Waals surface area contributed by atoms with Crippen LogP contribution >= 0.6 is 15.9 Å². The SMILES string of the molecule is COc1cc(Br)c(CCNC(=O)C(C)NC(=O)C2CCCC2)cc1OC. The van der Waals surface area contributed by atoms with Crippen molar-refractivity contribution in [1.82, 2.24) is 10.6 Å². The molecule has 6 nitrogen and oxygen atoms in total. The Balaban J connectivity index is 1.83. The minimum atomic E-state index is -0.531. The number of hydrogen-bond donors (Lipinski definition) is 2. The third-order valence-corrected chi connectivity index (χ3v) is 5.46. The van der Waals surface area contributed by atoms with Crippen LogP contribution in [-0.4, -0.2) is 38.6 Å². The maximum Gasteiger partial charge on any atom is 0.242 e. The number of amides is 2. The molecular formula is C19H27BrN2O4. The number of carbonyl (C=O) groups excluding carboxylic acids is 2. The van der Waals surface area contributed by atoms with Gasteiger partial charge in [0.2, 0.25) is 11.8 Å². The van der Waals surface area contributed by atoms with E-state index in [2.05, 4.69) is 26.6 Å². The van der Waals surface area contributed by atoms with E-state index in [1.807, 2.05) is 12.1 Å². The first-order chi connectivity index (χ1) is 12.5. The lowest BCUT2D eigenvalue weighted by Crippen LogP contribution is -2.46. The second-order valence-corrected chi connectivity index (χ2v) is 7.41. The molecule has 0 heterocycles. The number of nitrogens with one attached hydrogen (secondary N) is 2. The lowest BCUT2D eigenvalue weighted by atomic mass is 10.1. The first-order valence-electron chi connectivity index (χ1n) is 8.94. The third-order valence-electron chi connectivity index (χ3n) is 4.72. The molecule has 26 heavy (non-hydrogen) atoms. The first kappa shape index (κ1) is 20.6. The summed E-state index contributed by atoms with van der Waals surface area (Å²) in [7, 11) is 3.18. The second-order valence-electron chi connectivity index (χ2n) is 6.55. The fourth-order valence-corrected chi connectivity index (χ4v) is 3.67. The van der Waals surface area contributed by atoms with E-state index in [1.165, 1.54) is 0 Å². The van der Waals surface area contributed by atoms with Gasteiger partial charge in [0.15, 0.2) is 11.5 Å². The van der Waals surface area contributed by atoms with E-state index in [4.69, 9.17) is 9.47 Å². The monoisotopic (exact) mass is 426 g/mol. The van der Waals surface area contributed by atoms with Crippen molar-refractivity contribution in [2.24, 2.45) is 5.92 Å². The normalized spacial score (nSPS) is 15.4. The molecule has 2 N–H and O–H groups in total. The van der Waals surface area contributed by atoms with Gasteiger partial charge in [0.25, 0.3) is 0 Å². The molecule has 0 spiro atoms. The van der Waals surface area contributed by atoms with E-state index in [-0.39, 0.29) is 17.7 Å². The van der Waals surface area contributed by atoms with Gasteiger partial charge in [0.1, 0.15) is 6.04 Å². The smallest absolute Gasteiger partial charge is 0.242 e. The Hall–Kier alpha value is -1.76. The minimum absolute atomic E-state index is 0.00668.